The highest BCUT2D eigenvalue weighted by Crippen LogP contribution is 2.35. The number of aryl methyl sites for hydroxylation is 1. The van der Waals surface area contributed by atoms with Crippen LogP contribution in [0.3, 0.4) is 0 Å². The highest BCUT2D eigenvalue weighted by atomic mass is 32.1. The lowest BCUT2D eigenvalue weighted by molar-refractivity contribution is 0.149. The van der Waals surface area contributed by atoms with Crippen molar-refractivity contribution in [1.29, 1.82) is 0 Å². The van der Waals surface area contributed by atoms with Crippen LogP contribution in [0.5, 0.6) is 0 Å². The maximum absolute atomic E-state index is 12.6. The molecule has 0 aromatic carbocycles. The lowest BCUT2D eigenvalue weighted by Crippen LogP contribution is -2.37. The first-order valence-corrected chi connectivity index (χ1v) is 9.71. The fourth-order valence-corrected chi connectivity index (χ4v) is 5.46. The number of nitrogens with zero attached hydrogens (tertiary/aromatic N) is 2. The van der Waals surface area contributed by atoms with Gasteiger partial charge in [-0.1, -0.05) is 13.3 Å². The minimum absolute atomic E-state index is 0.0710. The second-order valence-electron chi connectivity index (χ2n) is 7.36. The Morgan fingerprint density at radius 2 is 2.17 bits per heavy atom. The molecule has 1 N–H and O–H groups in total. The molecular formula is C18H25N3OS. The minimum Gasteiger partial charge on any atom is -0.309 e. The molecule has 0 saturated carbocycles. The first kappa shape index (κ1) is 15.3. The molecule has 124 valence electrons. The van der Waals surface area contributed by atoms with Crippen LogP contribution in [0, 0.1) is 5.92 Å². The van der Waals surface area contributed by atoms with E-state index >= 15 is 0 Å². The number of aromatic amines is 1. The predicted molar refractivity (Wildman–Crippen MR) is 95.2 cm³/mol. The number of thiophene rings is 1. The highest BCUT2D eigenvalue weighted by molar-refractivity contribution is 7.18. The standard InChI is InChI=1S/C18H25N3OS/c1-11-6-7-13-14(9-11)23-18-16(13)17(22)19-15(20-18)10-21-8-4-3-5-12(21)2/h11-12H,3-10H2,1-2H3,(H,19,20,22)/t11-,12-/m1/s1. The van der Waals surface area contributed by atoms with E-state index in [1.807, 2.05) is 0 Å². The van der Waals surface area contributed by atoms with Gasteiger partial charge in [-0.05, 0) is 57.1 Å². The first-order valence-electron chi connectivity index (χ1n) is 8.89. The van der Waals surface area contributed by atoms with E-state index in [4.69, 9.17) is 4.98 Å². The molecule has 1 saturated heterocycles. The van der Waals surface area contributed by atoms with E-state index in [-0.39, 0.29) is 5.56 Å². The summed E-state index contributed by atoms with van der Waals surface area (Å²) >= 11 is 1.74. The van der Waals surface area contributed by atoms with Gasteiger partial charge in [-0.3, -0.25) is 9.69 Å². The Balaban J connectivity index is 1.69. The maximum atomic E-state index is 12.6. The molecule has 2 aliphatic rings. The van der Waals surface area contributed by atoms with Crippen molar-refractivity contribution in [2.24, 2.45) is 5.92 Å². The van der Waals surface area contributed by atoms with Gasteiger partial charge in [0.25, 0.3) is 5.56 Å². The van der Waals surface area contributed by atoms with E-state index in [0.29, 0.717) is 6.04 Å². The molecule has 0 amide bonds. The van der Waals surface area contributed by atoms with Crippen LogP contribution in [0.15, 0.2) is 4.79 Å². The Labute approximate surface area is 140 Å². The van der Waals surface area contributed by atoms with Crippen LogP contribution in [-0.2, 0) is 19.4 Å². The minimum atomic E-state index is 0.0710. The van der Waals surface area contributed by atoms with Crippen molar-refractivity contribution in [2.75, 3.05) is 6.54 Å². The Hall–Kier alpha value is -1.20. The van der Waals surface area contributed by atoms with Crippen molar-refractivity contribution in [1.82, 2.24) is 14.9 Å². The molecule has 1 fully saturated rings. The van der Waals surface area contributed by atoms with Gasteiger partial charge in [0.1, 0.15) is 10.7 Å². The number of likely N-dealkylation sites (tertiary alicyclic amines) is 1. The maximum Gasteiger partial charge on any atom is 0.259 e. The molecule has 0 spiro atoms. The fraction of sp³-hybridized carbons (Fsp3) is 0.667. The van der Waals surface area contributed by atoms with Crippen molar-refractivity contribution in [3.63, 3.8) is 0 Å². The summed E-state index contributed by atoms with van der Waals surface area (Å²) in [7, 11) is 0. The Morgan fingerprint density at radius 1 is 1.30 bits per heavy atom. The second kappa shape index (κ2) is 6.02. The van der Waals surface area contributed by atoms with Gasteiger partial charge in [0, 0.05) is 10.9 Å². The number of hydrogen-bond donors (Lipinski definition) is 1. The van der Waals surface area contributed by atoms with Crippen molar-refractivity contribution in [3.8, 4) is 0 Å². The van der Waals surface area contributed by atoms with Gasteiger partial charge in [0.15, 0.2) is 0 Å². The summed E-state index contributed by atoms with van der Waals surface area (Å²) in [5.41, 5.74) is 1.34. The summed E-state index contributed by atoms with van der Waals surface area (Å²) in [4.78, 5) is 25.3. The number of nitrogens with one attached hydrogen (secondary N) is 1. The molecule has 3 heterocycles. The van der Waals surface area contributed by atoms with Gasteiger partial charge in [-0.15, -0.1) is 11.3 Å². The van der Waals surface area contributed by atoms with Crippen LogP contribution in [0.2, 0.25) is 0 Å². The molecule has 5 heteroatoms. The fourth-order valence-electron chi connectivity index (χ4n) is 4.05. The first-order chi connectivity index (χ1) is 11.1. The molecule has 2 aromatic rings. The number of H-pyrrole nitrogens is 1. The average molecular weight is 331 g/mol. The van der Waals surface area contributed by atoms with Gasteiger partial charge in [0.2, 0.25) is 0 Å². The number of fused-ring (bicyclic) bond motifs is 3. The van der Waals surface area contributed by atoms with Gasteiger partial charge < -0.3 is 4.98 Å². The van der Waals surface area contributed by atoms with E-state index in [1.54, 1.807) is 11.3 Å². The van der Waals surface area contributed by atoms with Crippen LogP contribution in [0.25, 0.3) is 10.2 Å². The van der Waals surface area contributed by atoms with Crippen LogP contribution in [0.1, 0.15) is 55.8 Å². The molecule has 4 rings (SSSR count). The van der Waals surface area contributed by atoms with Crippen molar-refractivity contribution < 1.29 is 0 Å². The number of piperidine rings is 1. The van der Waals surface area contributed by atoms with E-state index < -0.39 is 0 Å². The third-order valence-electron chi connectivity index (χ3n) is 5.51. The van der Waals surface area contributed by atoms with E-state index in [1.165, 1.54) is 36.1 Å². The van der Waals surface area contributed by atoms with Crippen LogP contribution >= 0.6 is 11.3 Å². The lowest BCUT2D eigenvalue weighted by Gasteiger charge is -2.32. The molecule has 2 atom stereocenters. The van der Waals surface area contributed by atoms with Crippen LogP contribution < -0.4 is 5.56 Å². The van der Waals surface area contributed by atoms with Gasteiger partial charge >= 0.3 is 0 Å². The van der Waals surface area contributed by atoms with Gasteiger partial charge in [-0.2, -0.15) is 0 Å². The number of hydrogen-bond acceptors (Lipinski definition) is 4. The Morgan fingerprint density at radius 3 is 3.00 bits per heavy atom. The topological polar surface area (TPSA) is 49.0 Å². The lowest BCUT2D eigenvalue weighted by atomic mass is 9.89. The monoisotopic (exact) mass is 331 g/mol. The van der Waals surface area contributed by atoms with Crippen molar-refractivity contribution in [2.45, 2.75) is 65.0 Å². The third-order valence-corrected chi connectivity index (χ3v) is 6.66. The largest absolute Gasteiger partial charge is 0.309 e. The highest BCUT2D eigenvalue weighted by Gasteiger charge is 2.24. The van der Waals surface area contributed by atoms with Gasteiger partial charge in [-0.25, -0.2) is 4.98 Å². The molecule has 2 aromatic heterocycles. The summed E-state index contributed by atoms with van der Waals surface area (Å²) < 4.78 is 0. The smallest absolute Gasteiger partial charge is 0.259 e. The van der Waals surface area contributed by atoms with Crippen molar-refractivity contribution >= 4 is 21.6 Å². The van der Waals surface area contributed by atoms with Crippen molar-refractivity contribution in [3.05, 3.63) is 26.6 Å². The van der Waals surface area contributed by atoms with Crippen LogP contribution in [0.4, 0.5) is 0 Å². The number of aromatic nitrogens is 2. The molecule has 4 nitrogen and oxygen atoms in total. The van der Waals surface area contributed by atoms with E-state index in [2.05, 4.69) is 23.7 Å². The van der Waals surface area contributed by atoms with Crippen LogP contribution in [-0.4, -0.2) is 27.5 Å². The summed E-state index contributed by atoms with van der Waals surface area (Å²) in [5, 5.41) is 0.868. The molecule has 0 unspecified atom stereocenters. The Bertz CT molecular complexity index is 778. The zero-order chi connectivity index (χ0) is 16.0. The third kappa shape index (κ3) is 2.85. The SMILES string of the molecule is C[C@@H]1CCc2c(sc3nc(CN4CCCC[C@H]4C)[nH]c(=O)c23)C1. The summed E-state index contributed by atoms with van der Waals surface area (Å²) in [6.45, 7) is 6.46. The zero-order valence-corrected chi connectivity index (χ0v) is 14.8. The second-order valence-corrected chi connectivity index (χ2v) is 8.44. The molecule has 0 bridgehead atoms. The molecule has 0 radical (unpaired) electrons. The van der Waals surface area contributed by atoms with Gasteiger partial charge in [0.05, 0.1) is 11.9 Å². The predicted octanol–water partition coefficient (Wildman–Crippen LogP) is 3.48. The molecule has 1 aliphatic carbocycles. The van der Waals surface area contributed by atoms with E-state index in [0.717, 1.165) is 47.9 Å². The normalized spacial score (nSPS) is 25.7. The summed E-state index contributed by atoms with van der Waals surface area (Å²) in [5.74, 6) is 1.56. The summed E-state index contributed by atoms with van der Waals surface area (Å²) in [6, 6.07) is 0.585. The quantitative estimate of drug-likeness (QED) is 0.916. The molecule has 23 heavy (non-hydrogen) atoms. The molecule has 1 aliphatic heterocycles. The molecular weight excluding hydrogens is 306 g/mol. The van der Waals surface area contributed by atoms with E-state index in [9.17, 15) is 4.79 Å². The average Bonchev–Trinajstić information content (AvgIpc) is 2.87. The zero-order valence-electron chi connectivity index (χ0n) is 14.0. The summed E-state index contributed by atoms with van der Waals surface area (Å²) in [6.07, 6.45) is 7.14. The Kier molecular flexibility index (Phi) is 4.01. The number of rotatable bonds is 2.